The fourth-order valence-corrected chi connectivity index (χ4v) is 2.78. The van der Waals surface area contributed by atoms with Gasteiger partial charge in [0.25, 0.3) is 0 Å². The second kappa shape index (κ2) is 6.42. The van der Waals surface area contributed by atoms with Crippen molar-refractivity contribution < 1.29 is 4.74 Å². The normalized spacial score (nSPS) is 20.3. The zero-order valence-corrected chi connectivity index (χ0v) is 11.4. The van der Waals surface area contributed by atoms with E-state index in [1.165, 1.54) is 0 Å². The van der Waals surface area contributed by atoms with Gasteiger partial charge in [-0.1, -0.05) is 25.2 Å². The minimum Gasteiger partial charge on any atom is -0.371 e. The molecule has 0 aromatic carbocycles. The first-order valence-corrected chi connectivity index (χ1v) is 7.22. The van der Waals surface area contributed by atoms with E-state index < -0.39 is 0 Å². The van der Waals surface area contributed by atoms with Gasteiger partial charge in [0.05, 0.1) is 0 Å². The molecule has 1 fully saturated rings. The van der Waals surface area contributed by atoms with Crippen LogP contribution in [0, 0.1) is 5.92 Å². The van der Waals surface area contributed by atoms with Gasteiger partial charge in [0.15, 0.2) is 0 Å². The first-order valence-electron chi connectivity index (χ1n) is 6.40. The van der Waals surface area contributed by atoms with Gasteiger partial charge < -0.3 is 10.1 Å². The highest BCUT2D eigenvalue weighted by atomic mass is 32.1. The van der Waals surface area contributed by atoms with Crippen LogP contribution in [0.25, 0.3) is 0 Å². The second-order valence-electron chi connectivity index (χ2n) is 4.88. The zero-order chi connectivity index (χ0) is 12.1. The predicted octanol–water partition coefficient (Wildman–Crippen LogP) is 2.18. The molecule has 0 radical (unpaired) electrons. The third kappa shape index (κ3) is 4.01. The van der Waals surface area contributed by atoms with Crippen LogP contribution in [0.4, 0.5) is 0 Å². The van der Waals surface area contributed by atoms with Crippen LogP contribution >= 0.6 is 11.3 Å². The highest BCUT2D eigenvalue weighted by Crippen LogP contribution is 2.30. The van der Waals surface area contributed by atoms with Crippen molar-refractivity contribution in [1.29, 1.82) is 0 Å². The molecular weight excluding hydrogens is 234 g/mol. The van der Waals surface area contributed by atoms with Crippen LogP contribution < -0.4 is 5.32 Å². The van der Waals surface area contributed by atoms with Crippen LogP contribution in [0.5, 0.6) is 0 Å². The van der Waals surface area contributed by atoms with Gasteiger partial charge in [-0.3, -0.25) is 0 Å². The van der Waals surface area contributed by atoms with E-state index in [0.717, 1.165) is 49.0 Å². The van der Waals surface area contributed by atoms with Gasteiger partial charge in [0.2, 0.25) is 0 Å². The molecule has 1 unspecified atom stereocenters. The monoisotopic (exact) mass is 255 g/mol. The summed E-state index contributed by atoms with van der Waals surface area (Å²) in [5.74, 6) is 0.701. The molecule has 5 heteroatoms. The minimum absolute atomic E-state index is 0.213. The first-order chi connectivity index (χ1) is 8.25. The lowest BCUT2D eigenvalue weighted by atomic mass is 10.2. The molecule has 4 nitrogen and oxygen atoms in total. The van der Waals surface area contributed by atoms with Crippen molar-refractivity contribution in [3.05, 3.63) is 10.0 Å². The Labute approximate surface area is 107 Å². The highest BCUT2D eigenvalue weighted by Gasteiger charge is 2.21. The average Bonchev–Trinajstić information content (AvgIpc) is 2.94. The van der Waals surface area contributed by atoms with E-state index in [1.54, 1.807) is 11.3 Å². The molecule has 0 spiro atoms. The Hall–Kier alpha value is -0.520. The molecular formula is C12H21N3OS. The number of hydrogen-bond donors (Lipinski definition) is 1. The molecule has 0 amide bonds. The Balaban J connectivity index is 1.74. The van der Waals surface area contributed by atoms with Crippen molar-refractivity contribution in [3.63, 3.8) is 0 Å². The summed E-state index contributed by atoms with van der Waals surface area (Å²) in [4.78, 5) is 0. The fraction of sp³-hybridized carbons (Fsp3) is 0.833. The Bertz CT molecular complexity index is 334. The summed E-state index contributed by atoms with van der Waals surface area (Å²) >= 11 is 1.70. The number of aromatic nitrogens is 2. The highest BCUT2D eigenvalue weighted by molar-refractivity contribution is 7.11. The third-order valence-electron chi connectivity index (χ3n) is 2.76. The van der Waals surface area contributed by atoms with Gasteiger partial charge in [-0.2, -0.15) is 0 Å². The molecule has 1 atom stereocenters. The molecule has 17 heavy (non-hydrogen) atoms. The van der Waals surface area contributed by atoms with E-state index in [9.17, 15) is 0 Å². The number of rotatable bonds is 6. The molecule has 2 heterocycles. The smallest absolute Gasteiger partial charge is 0.146 e. The lowest BCUT2D eigenvalue weighted by molar-refractivity contribution is 0.111. The molecule has 1 N–H and O–H groups in total. The number of ether oxygens (including phenoxy) is 1. The molecule has 2 rings (SSSR count). The van der Waals surface area contributed by atoms with Crippen molar-refractivity contribution >= 4 is 11.3 Å². The van der Waals surface area contributed by atoms with Gasteiger partial charge >= 0.3 is 0 Å². The molecule has 1 saturated heterocycles. The summed E-state index contributed by atoms with van der Waals surface area (Å²) in [6.45, 7) is 7.35. The Morgan fingerprint density at radius 3 is 3.06 bits per heavy atom. The van der Waals surface area contributed by atoms with Gasteiger partial charge in [0, 0.05) is 19.6 Å². The van der Waals surface area contributed by atoms with Crippen molar-refractivity contribution in [2.45, 2.75) is 39.2 Å². The van der Waals surface area contributed by atoms with E-state index >= 15 is 0 Å². The summed E-state index contributed by atoms with van der Waals surface area (Å²) in [5.41, 5.74) is 0. The van der Waals surface area contributed by atoms with Gasteiger partial charge in [-0.05, 0) is 25.3 Å². The van der Waals surface area contributed by atoms with E-state index in [-0.39, 0.29) is 6.10 Å². The maximum absolute atomic E-state index is 5.60. The van der Waals surface area contributed by atoms with Gasteiger partial charge in [-0.15, -0.1) is 10.2 Å². The fourth-order valence-electron chi connectivity index (χ4n) is 1.86. The topological polar surface area (TPSA) is 47.0 Å². The second-order valence-corrected chi connectivity index (χ2v) is 5.98. The van der Waals surface area contributed by atoms with Crippen LogP contribution in [0.2, 0.25) is 0 Å². The maximum Gasteiger partial charge on any atom is 0.146 e. The Kier molecular flexibility index (Phi) is 4.88. The van der Waals surface area contributed by atoms with Crippen LogP contribution in [0.15, 0.2) is 0 Å². The molecule has 96 valence electrons. The molecule has 1 aliphatic rings. The summed E-state index contributed by atoms with van der Waals surface area (Å²) < 4.78 is 5.60. The quantitative estimate of drug-likeness (QED) is 0.791. The number of hydrogen-bond acceptors (Lipinski definition) is 5. The molecule has 1 aliphatic heterocycles. The standard InChI is InChI=1S/C12H21N3OS/c1-9(2)8-13-6-5-11-14-15-12(17-11)10-4-3-7-16-10/h9-10,13H,3-8H2,1-2H3. The SMILES string of the molecule is CC(C)CNCCc1nnc(C2CCCO2)s1. The number of nitrogens with zero attached hydrogens (tertiary/aromatic N) is 2. The molecule has 0 aliphatic carbocycles. The summed E-state index contributed by atoms with van der Waals surface area (Å²) in [5, 5.41) is 14.0. The van der Waals surface area contributed by atoms with Gasteiger partial charge in [0.1, 0.15) is 16.1 Å². The van der Waals surface area contributed by atoms with Crippen LogP contribution in [0.3, 0.4) is 0 Å². The summed E-state index contributed by atoms with van der Waals surface area (Å²) in [6.07, 6.45) is 3.43. The van der Waals surface area contributed by atoms with Crippen LogP contribution in [-0.4, -0.2) is 29.9 Å². The van der Waals surface area contributed by atoms with Crippen LogP contribution in [-0.2, 0) is 11.2 Å². The molecule has 1 aromatic rings. The largest absolute Gasteiger partial charge is 0.371 e. The molecule has 0 saturated carbocycles. The zero-order valence-electron chi connectivity index (χ0n) is 10.6. The minimum atomic E-state index is 0.213. The number of nitrogens with one attached hydrogen (secondary N) is 1. The van der Waals surface area contributed by atoms with Gasteiger partial charge in [-0.25, -0.2) is 0 Å². The summed E-state index contributed by atoms with van der Waals surface area (Å²) in [7, 11) is 0. The molecule has 1 aromatic heterocycles. The van der Waals surface area contributed by atoms with E-state index in [2.05, 4.69) is 29.4 Å². The lowest BCUT2D eigenvalue weighted by Gasteiger charge is -2.05. The molecule has 0 bridgehead atoms. The first kappa shape index (κ1) is 12.9. The van der Waals surface area contributed by atoms with E-state index in [1.807, 2.05) is 0 Å². The Morgan fingerprint density at radius 1 is 1.47 bits per heavy atom. The maximum atomic E-state index is 5.60. The summed E-state index contributed by atoms with van der Waals surface area (Å²) in [6, 6.07) is 0. The predicted molar refractivity (Wildman–Crippen MR) is 69.2 cm³/mol. The third-order valence-corrected chi connectivity index (χ3v) is 3.83. The average molecular weight is 255 g/mol. The lowest BCUT2D eigenvalue weighted by Crippen LogP contribution is -2.22. The van der Waals surface area contributed by atoms with E-state index in [4.69, 9.17) is 4.74 Å². The van der Waals surface area contributed by atoms with Crippen molar-refractivity contribution in [1.82, 2.24) is 15.5 Å². The van der Waals surface area contributed by atoms with Crippen molar-refractivity contribution in [3.8, 4) is 0 Å². The Morgan fingerprint density at radius 2 is 2.35 bits per heavy atom. The van der Waals surface area contributed by atoms with Crippen molar-refractivity contribution in [2.75, 3.05) is 19.7 Å². The van der Waals surface area contributed by atoms with Crippen LogP contribution in [0.1, 0.15) is 42.8 Å². The van der Waals surface area contributed by atoms with E-state index in [0.29, 0.717) is 5.92 Å². The van der Waals surface area contributed by atoms with Crippen molar-refractivity contribution in [2.24, 2.45) is 5.92 Å².